The predicted octanol–water partition coefficient (Wildman–Crippen LogP) is -0.334. The molecule has 0 aliphatic heterocycles. The molecule has 11 heavy (non-hydrogen) atoms. The fraction of sp³-hybridized carbons (Fsp3) is 0.800. The van der Waals surface area contributed by atoms with Gasteiger partial charge in [0.25, 0.3) is 0 Å². The quantitative estimate of drug-likeness (QED) is 0.607. The summed E-state index contributed by atoms with van der Waals surface area (Å²) in [6.45, 7) is -1.71. The minimum atomic E-state index is -4.27. The monoisotopic (exact) mass is 170 g/mol. The molecular formula is C5H9F3N2O. The van der Waals surface area contributed by atoms with E-state index in [9.17, 15) is 18.0 Å². The lowest BCUT2D eigenvalue weighted by Gasteiger charge is -2.06. The van der Waals surface area contributed by atoms with Crippen LogP contribution in [0.5, 0.6) is 0 Å². The lowest BCUT2D eigenvalue weighted by atomic mass is 10.4. The summed E-state index contributed by atoms with van der Waals surface area (Å²) in [6, 6.07) is 0. The van der Waals surface area contributed by atoms with Gasteiger partial charge in [0.2, 0.25) is 0 Å². The van der Waals surface area contributed by atoms with Crippen molar-refractivity contribution in [2.45, 2.75) is 6.18 Å². The number of rotatable bonds is 4. The average Bonchev–Trinajstić information content (AvgIpc) is 1.85. The smallest absolute Gasteiger partial charge is 0.324 e. The lowest BCUT2D eigenvalue weighted by Crippen LogP contribution is -2.34. The number of ketones is 1. The van der Waals surface area contributed by atoms with E-state index < -0.39 is 18.5 Å². The maximum atomic E-state index is 11.4. The highest BCUT2D eigenvalue weighted by Crippen LogP contribution is 2.11. The summed E-state index contributed by atoms with van der Waals surface area (Å²) in [5, 5.41) is 1.92. The molecule has 0 aliphatic carbocycles. The van der Waals surface area contributed by atoms with Gasteiger partial charge in [-0.05, 0) is 0 Å². The van der Waals surface area contributed by atoms with Gasteiger partial charge in [-0.3, -0.25) is 4.79 Å². The second kappa shape index (κ2) is 4.30. The Morgan fingerprint density at radius 1 is 1.45 bits per heavy atom. The van der Waals surface area contributed by atoms with Crippen molar-refractivity contribution in [3.8, 4) is 0 Å². The van der Waals surface area contributed by atoms with E-state index in [0.29, 0.717) is 0 Å². The van der Waals surface area contributed by atoms with Gasteiger partial charge in [-0.15, -0.1) is 0 Å². The van der Waals surface area contributed by atoms with Crippen molar-refractivity contribution in [1.82, 2.24) is 5.32 Å². The highest BCUT2D eigenvalue weighted by Gasteiger charge is 2.26. The molecule has 0 saturated heterocycles. The Kier molecular flexibility index (Phi) is 4.06. The van der Waals surface area contributed by atoms with Crippen LogP contribution in [-0.4, -0.2) is 31.6 Å². The Bertz CT molecular complexity index is 134. The molecule has 0 aromatic heterocycles. The van der Waals surface area contributed by atoms with Gasteiger partial charge in [0.1, 0.15) is 0 Å². The first kappa shape index (κ1) is 10.4. The predicted molar refractivity (Wildman–Crippen MR) is 33.0 cm³/mol. The molecule has 0 aromatic carbocycles. The SMILES string of the molecule is NCC(=O)CNCC(F)(F)F. The van der Waals surface area contributed by atoms with E-state index in [2.05, 4.69) is 0 Å². The molecule has 0 heterocycles. The van der Waals surface area contributed by atoms with Gasteiger partial charge in [0.05, 0.1) is 19.6 Å². The number of carbonyl (C=O) groups excluding carboxylic acids is 1. The van der Waals surface area contributed by atoms with Crippen LogP contribution in [0.4, 0.5) is 13.2 Å². The van der Waals surface area contributed by atoms with Crippen molar-refractivity contribution in [3.05, 3.63) is 0 Å². The molecule has 0 amide bonds. The van der Waals surface area contributed by atoms with Gasteiger partial charge in [-0.25, -0.2) is 0 Å². The van der Waals surface area contributed by atoms with Crippen molar-refractivity contribution in [1.29, 1.82) is 0 Å². The van der Waals surface area contributed by atoms with Crippen molar-refractivity contribution < 1.29 is 18.0 Å². The summed E-state index contributed by atoms with van der Waals surface area (Å²) in [6.07, 6.45) is -4.27. The normalized spacial score (nSPS) is 11.6. The third-order valence-corrected chi connectivity index (χ3v) is 0.875. The van der Waals surface area contributed by atoms with Crippen molar-refractivity contribution in [2.24, 2.45) is 5.73 Å². The lowest BCUT2D eigenvalue weighted by molar-refractivity contribution is -0.127. The van der Waals surface area contributed by atoms with Crippen LogP contribution in [0.2, 0.25) is 0 Å². The molecular weight excluding hydrogens is 161 g/mol. The molecule has 0 atom stereocenters. The number of nitrogens with one attached hydrogen (secondary N) is 1. The van der Waals surface area contributed by atoms with Crippen LogP contribution >= 0.6 is 0 Å². The van der Waals surface area contributed by atoms with Crippen LogP contribution in [-0.2, 0) is 4.79 Å². The van der Waals surface area contributed by atoms with Crippen molar-refractivity contribution in [3.63, 3.8) is 0 Å². The Hall–Kier alpha value is -0.620. The number of alkyl halides is 3. The molecule has 0 fully saturated rings. The Morgan fingerprint density at radius 2 is 2.00 bits per heavy atom. The zero-order valence-corrected chi connectivity index (χ0v) is 5.74. The first-order valence-electron chi connectivity index (χ1n) is 2.95. The number of hydrogen-bond donors (Lipinski definition) is 2. The Balaban J connectivity index is 3.35. The van der Waals surface area contributed by atoms with Gasteiger partial charge in [0, 0.05) is 0 Å². The largest absolute Gasteiger partial charge is 0.401 e. The molecule has 3 nitrogen and oxygen atoms in total. The van der Waals surface area contributed by atoms with Crippen molar-refractivity contribution in [2.75, 3.05) is 19.6 Å². The standard InChI is InChI=1S/C5H9F3N2O/c6-5(7,8)3-10-2-4(11)1-9/h10H,1-3,9H2. The van der Waals surface area contributed by atoms with E-state index in [1.807, 2.05) is 5.32 Å². The minimum absolute atomic E-state index is 0.231. The third-order valence-electron chi connectivity index (χ3n) is 0.875. The van der Waals surface area contributed by atoms with E-state index in [1.54, 1.807) is 0 Å². The van der Waals surface area contributed by atoms with E-state index in [1.165, 1.54) is 0 Å². The number of carbonyl (C=O) groups is 1. The summed E-state index contributed by atoms with van der Waals surface area (Å²) in [5.74, 6) is -0.436. The highest BCUT2D eigenvalue weighted by molar-refractivity contribution is 5.82. The number of hydrogen-bond acceptors (Lipinski definition) is 3. The minimum Gasteiger partial charge on any atom is -0.324 e. The van der Waals surface area contributed by atoms with Crippen molar-refractivity contribution >= 4 is 5.78 Å². The van der Waals surface area contributed by atoms with Crippen LogP contribution in [0.25, 0.3) is 0 Å². The second-order valence-electron chi connectivity index (χ2n) is 1.96. The van der Waals surface area contributed by atoms with Gasteiger partial charge >= 0.3 is 6.18 Å². The van der Waals surface area contributed by atoms with Crippen LogP contribution in [0.1, 0.15) is 0 Å². The molecule has 6 heteroatoms. The summed E-state index contributed by atoms with van der Waals surface area (Å²) < 4.78 is 34.2. The Morgan fingerprint density at radius 3 is 2.36 bits per heavy atom. The van der Waals surface area contributed by atoms with E-state index >= 15 is 0 Å². The number of nitrogens with two attached hydrogens (primary N) is 1. The molecule has 0 aliphatic rings. The van der Waals surface area contributed by atoms with E-state index in [-0.39, 0.29) is 13.1 Å². The highest BCUT2D eigenvalue weighted by atomic mass is 19.4. The van der Waals surface area contributed by atoms with Gasteiger partial charge in [0.15, 0.2) is 5.78 Å². The molecule has 0 unspecified atom stereocenters. The summed E-state index contributed by atoms with van der Waals surface area (Å²) in [7, 11) is 0. The fourth-order valence-electron chi connectivity index (χ4n) is 0.416. The van der Waals surface area contributed by atoms with Crippen LogP contribution in [0.15, 0.2) is 0 Å². The molecule has 3 N–H and O–H groups in total. The van der Waals surface area contributed by atoms with Gasteiger partial charge in [-0.1, -0.05) is 0 Å². The fourth-order valence-corrected chi connectivity index (χ4v) is 0.416. The molecule has 66 valence electrons. The molecule has 0 spiro atoms. The summed E-state index contributed by atoms with van der Waals surface area (Å²) in [5.41, 5.74) is 4.85. The van der Waals surface area contributed by atoms with Gasteiger partial charge < -0.3 is 11.1 Å². The van der Waals surface area contributed by atoms with Crippen LogP contribution in [0, 0.1) is 0 Å². The topological polar surface area (TPSA) is 55.1 Å². The first-order chi connectivity index (χ1) is 4.95. The molecule has 0 radical (unpaired) electrons. The number of Topliss-reactive ketones (excluding diaryl/α,β-unsaturated/α-hetero) is 1. The summed E-state index contributed by atoms with van der Waals surface area (Å²) in [4.78, 5) is 10.3. The maximum absolute atomic E-state index is 11.4. The second-order valence-corrected chi connectivity index (χ2v) is 1.96. The average molecular weight is 170 g/mol. The maximum Gasteiger partial charge on any atom is 0.401 e. The van der Waals surface area contributed by atoms with Gasteiger partial charge in [-0.2, -0.15) is 13.2 Å². The molecule has 0 saturated carbocycles. The molecule has 0 rings (SSSR count). The Labute approximate surface area is 61.7 Å². The van der Waals surface area contributed by atoms with Crippen LogP contribution < -0.4 is 11.1 Å². The van der Waals surface area contributed by atoms with E-state index in [0.717, 1.165) is 0 Å². The summed E-state index contributed by atoms with van der Waals surface area (Å²) >= 11 is 0. The molecule has 0 aromatic rings. The third kappa shape index (κ3) is 7.27. The zero-order chi connectivity index (χ0) is 8.91. The van der Waals surface area contributed by atoms with Crippen LogP contribution in [0.3, 0.4) is 0 Å². The first-order valence-corrected chi connectivity index (χ1v) is 2.95. The number of halogens is 3. The molecule has 0 bridgehead atoms. The zero-order valence-electron chi connectivity index (χ0n) is 5.74. The van der Waals surface area contributed by atoms with E-state index in [4.69, 9.17) is 5.73 Å².